The van der Waals surface area contributed by atoms with Crippen LogP contribution in [0.4, 0.5) is 0 Å². The van der Waals surface area contributed by atoms with E-state index in [-0.39, 0.29) is 6.10 Å². The van der Waals surface area contributed by atoms with Gasteiger partial charge >= 0.3 is 0 Å². The van der Waals surface area contributed by atoms with E-state index in [0.29, 0.717) is 12.1 Å². The van der Waals surface area contributed by atoms with Gasteiger partial charge in [-0.3, -0.25) is 0 Å². The zero-order chi connectivity index (χ0) is 15.1. The highest BCUT2D eigenvalue weighted by Gasteiger charge is 2.20. The van der Waals surface area contributed by atoms with E-state index < -0.39 is 0 Å². The third-order valence-electron chi connectivity index (χ3n) is 4.11. The van der Waals surface area contributed by atoms with Crippen LogP contribution in [0.5, 0.6) is 5.75 Å². The van der Waals surface area contributed by atoms with E-state index in [4.69, 9.17) is 9.47 Å². The maximum Gasteiger partial charge on any atom is 0.118 e. The molecule has 1 aliphatic rings. The lowest BCUT2D eigenvalue weighted by molar-refractivity contribution is -0.0313. The number of methoxy groups -OCH3 is 1. The summed E-state index contributed by atoms with van der Waals surface area (Å²) in [6, 6.07) is 8.74. The summed E-state index contributed by atoms with van der Waals surface area (Å²) in [5.41, 5.74) is 1.23. The number of nitrogens with one attached hydrogen (secondary N) is 1. The SMILES string of the molecule is COc1ccc(C(CNC(C)C)OC2CCCCC2)cc1. The Labute approximate surface area is 129 Å². The average Bonchev–Trinajstić information content (AvgIpc) is 2.52. The van der Waals surface area contributed by atoms with Crippen molar-refractivity contribution >= 4 is 0 Å². The van der Waals surface area contributed by atoms with Gasteiger partial charge in [-0.1, -0.05) is 45.2 Å². The Balaban J connectivity index is 2.02. The summed E-state index contributed by atoms with van der Waals surface area (Å²) >= 11 is 0. The molecule has 0 spiro atoms. The minimum absolute atomic E-state index is 0.126. The van der Waals surface area contributed by atoms with E-state index in [1.807, 2.05) is 12.1 Å². The molecule has 1 fully saturated rings. The Kier molecular flexibility index (Phi) is 6.52. The average molecular weight is 291 g/mol. The Bertz CT molecular complexity index is 396. The third kappa shape index (κ3) is 5.33. The van der Waals surface area contributed by atoms with Crippen molar-refractivity contribution in [3.63, 3.8) is 0 Å². The molecule has 0 heterocycles. The maximum absolute atomic E-state index is 6.40. The maximum atomic E-state index is 6.40. The molecule has 1 aromatic carbocycles. The van der Waals surface area contributed by atoms with E-state index in [2.05, 4.69) is 31.3 Å². The van der Waals surface area contributed by atoms with Crippen LogP contribution in [0.15, 0.2) is 24.3 Å². The first-order chi connectivity index (χ1) is 10.2. The predicted molar refractivity (Wildman–Crippen MR) is 86.8 cm³/mol. The van der Waals surface area contributed by atoms with Crippen LogP contribution in [-0.4, -0.2) is 25.8 Å². The fourth-order valence-electron chi connectivity index (χ4n) is 2.84. The summed E-state index contributed by atoms with van der Waals surface area (Å²) in [5.74, 6) is 0.895. The summed E-state index contributed by atoms with van der Waals surface area (Å²) in [5, 5.41) is 3.51. The van der Waals surface area contributed by atoms with Crippen LogP contribution in [0.3, 0.4) is 0 Å². The fourth-order valence-corrected chi connectivity index (χ4v) is 2.84. The molecule has 0 bridgehead atoms. The number of rotatable bonds is 7. The van der Waals surface area contributed by atoms with E-state index in [1.165, 1.54) is 37.7 Å². The summed E-state index contributed by atoms with van der Waals surface area (Å²) in [7, 11) is 1.70. The molecule has 0 aromatic heterocycles. The van der Waals surface area contributed by atoms with Crippen molar-refractivity contribution in [2.24, 2.45) is 0 Å². The molecule has 0 radical (unpaired) electrons. The van der Waals surface area contributed by atoms with Gasteiger partial charge in [0, 0.05) is 12.6 Å². The lowest BCUT2D eigenvalue weighted by atomic mass is 9.97. The summed E-state index contributed by atoms with van der Waals surface area (Å²) in [6.45, 7) is 5.21. The van der Waals surface area contributed by atoms with Crippen LogP contribution in [0.25, 0.3) is 0 Å². The van der Waals surface area contributed by atoms with E-state index in [0.717, 1.165) is 12.3 Å². The van der Waals surface area contributed by atoms with Crippen LogP contribution in [-0.2, 0) is 4.74 Å². The highest BCUT2D eigenvalue weighted by Crippen LogP contribution is 2.27. The van der Waals surface area contributed by atoms with Gasteiger partial charge in [0.15, 0.2) is 0 Å². The molecular formula is C18H29NO2. The molecule has 2 rings (SSSR count). The number of hydrogen-bond acceptors (Lipinski definition) is 3. The first-order valence-corrected chi connectivity index (χ1v) is 8.22. The van der Waals surface area contributed by atoms with Crippen molar-refractivity contribution in [1.82, 2.24) is 5.32 Å². The van der Waals surface area contributed by atoms with Gasteiger partial charge in [-0.2, -0.15) is 0 Å². The zero-order valence-electron chi connectivity index (χ0n) is 13.6. The molecule has 0 saturated heterocycles. The van der Waals surface area contributed by atoms with E-state index in [9.17, 15) is 0 Å². The Morgan fingerprint density at radius 2 is 1.76 bits per heavy atom. The monoisotopic (exact) mass is 291 g/mol. The summed E-state index contributed by atoms with van der Waals surface area (Å²) in [6.07, 6.45) is 6.91. The second kappa shape index (κ2) is 8.40. The van der Waals surface area contributed by atoms with E-state index in [1.54, 1.807) is 7.11 Å². The molecule has 0 aliphatic heterocycles. The second-order valence-electron chi connectivity index (χ2n) is 6.22. The number of benzene rings is 1. The lowest BCUT2D eigenvalue weighted by Crippen LogP contribution is -2.31. The highest BCUT2D eigenvalue weighted by atomic mass is 16.5. The Morgan fingerprint density at radius 1 is 1.10 bits per heavy atom. The van der Waals surface area contributed by atoms with Crippen molar-refractivity contribution in [1.29, 1.82) is 0 Å². The summed E-state index contributed by atoms with van der Waals surface area (Å²) < 4.78 is 11.6. The van der Waals surface area contributed by atoms with Gasteiger partial charge in [0.05, 0.1) is 19.3 Å². The minimum atomic E-state index is 0.126. The van der Waals surface area contributed by atoms with Crippen LogP contribution in [0, 0.1) is 0 Å². The minimum Gasteiger partial charge on any atom is -0.497 e. The largest absolute Gasteiger partial charge is 0.497 e. The molecule has 1 saturated carbocycles. The van der Waals surface area contributed by atoms with Crippen molar-refractivity contribution < 1.29 is 9.47 Å². The van der Waals surface area contributed by atoms with Crippen LogP contribution in [0.2, 0.25) is 0 Å². The van der Waals surface area contributed by atoms with E-state index >= 15 is 0 Å². The Hall–Kier alpha value is -1.06. The topological polar surface area (TPSA) is 30.5 Å². The first-order valence-electron chi connectivity index (χ1n) is 8.22. The molecule has 118 valence electrons. The fraction of sp³-hybridized carbons (Fsp3) is 0.667. The molecular weight excluding hydrogens is 262 g/mol. The standard InChI is InChI=1S/C18H29NO2/c1-14(2)19-13-18(21-17-7-5-4-6-8-17)15-9-11-16(20-3)12-10-15/h9-12,14,17-19H,4-8,13H2,1-3H3. The highest BCUT2D eigenvalue weighted by molar-refractivity contribution is 5.28. The van der Waals surface area contributed by atoms with Gasteiger partial charge in [-0.05, 0) is 30.5 Å². The van der Waals surface area contributed by atoms with Gasteiger partial charge in [0.2, 0.25) is 0 Å². The van der Waals surface area contributed by atoms with Crippen molar-refractivity contribution in [3.8, 4) is 5.75 Å². The molecule has 1 atom stereocenters. The first kappa shape index (κ1) is 16.3. The van der Waals surface area contributed by atoms with Crippen LogP contribution in [0.1, 0.15) is 57.6 Å². The normalized spacial score (nSPS) is 17.9. The molecule has 1 aliphatic carbocycles. The molecule has 1 N–H and O–H groups in total. The van der Waals surface area contributed by atoms with Gasteiger partial charge in [0.25, 0.3) is 0 Å². The van der Waals surface area contributed by atoms with Crippen LogP contribution < -0.4 is 10.1 Å². The van der Waals surface area contributed by atoms with Crippen molar-refractivity contribution in [2.75, 3.05) is 13.7 Å². The zero-order valence-corrected chi connectivity index (χ0v) is 13.6. The van der Waals surface area contributed by atoms with Crippen molar-refractivity contribution in [2.45, 2.75) is 64.2 Å². The van der Waals surface area contributed by atoms with Gasteiger partial charge in [-0.15, -0.1) is 0 Å². The summed E-state index contributed by atoms with van der Waals surface area (Å²) in [4.78, 5) is 0. The molecule has 0 amide bonds. The predicted octanol–water partition coefficient (Wildman–Crippen LogP) is 4.08. The smallest absolute Gasteiger partial charge is 0.118 e. The number of ether oxygens (including phenoxy) is 2. The number of hydrogen-bond donors (Lipinski definition) is 1. The van der Waals surface area contributed by atoms with Gasteiger partial charge < -0.3 is 14.8 Å². The second-order valence-corrected chi connectivity index (χ2v) is 6.22. The van der Waals surface area contributed by atoms with Crippen molar-refractivity contribution in [3.05, 3.63) is 29.8 Å². The molecule has 1 aromatic rings. The van der Waals surface area contributed by atoms with Gasteiger partial charge in [0.1, 0.15) is 5.75 Å². The molecule has 21 heavy (non-hydrogen) atoms. The quantitative estimate of drug-likeness (QED) is 0.821. The van der Waals surface area contributed by atoms with Crippen LogP contribution >= 0.6 is 0 Å². The molecule has 3 nitrogen and oxygen atoms in total. The lowest BCUT2D eigenvalue weighted by Gasteiger charge is -2.29. The Morgan fingerprint density at radius 3 is 2.33 bits per heavy atom. The van der Waals surface area contributed by atoms with Gasteiger partial charge in [-0.25, -0.2) is 0 Å². The molecule has 3 heteroatoms. The molecule has 1 unspecified atom stereocenters. The third-order valence-corrected chi connectivity index (χ3v) is 4.11.